The summed E-state index contributed by atoms with van der Waals surface area (Å²) in [5.74, 6) is 0.434. The molecule has 0 spiro atoms. The van der Waals surface area contributed by atoms with Gasteiger partial charge in [-0.15, -0.1) is 0 Å². The van der Waals surface area contributed by atoms with Crippen LogP contribution in [-0.4, -0.2) is 42.5 Å². The Balaban J connectivity index is 1.89. The van der Waals surface area contributed by atoms with E-state index in [1.165, 1.54) is 11.0 Å². The topological polar surface area (TPSA) is 67.9 Å². The summed E-state index contributed by atoms with van der Waals surface area (Å²) in [4.78, 5) is 28.9. The molecular weight excluding hydrogens is 507 g/mol. The van der Waals surface area contributed by atoms with Gasteiger partial charge in [0.25, 0.3) is 0 Å². The fraction of sp³-hybridized carbons (Fsp3) is 0.394. The lowest BCUT2D eigenvalue weighted by Crippen LogP contribution is -2.50. The van der Waals surface area contributed by atoms with Gasteiger partial charge in [0.15, 0.2) is 11.5 Å². The van der Waals surface area contributed by atoms with Crippen molar-refractivity contribution >= 4 is 11.8 Å². The van der Waals surface area contributed by atoms with Crippen molar-refractivity contribution in [2.75, 3.05) is 19.8 Å². The van der Waals surface area contributed by atoms with E-state index in [-0.39, 0.29) is 24.8 Å². The highest BCUT2D eigenvalue weighted by Gasteiger charge is 2.30. The number of amides is 2. The fourth-order valence-electron chi connectivity index (χ4n) is 4.52. The first-order valence-electron chi connectivity index (χ1n) is 14.2. The molecule has 1 N–H and O–H groups in total. The molecule has 2 amide bonds. The van der Waals surface area contributed by atoms with Crippen LogP contribution in [0, 0.1) is 5.82 Å². The third-order valence-corrected chi connectivity index (χ3v) is 6.63. The Morgan fingerprint density at radius 1 is 0.875 bits per heavy atom. The van der Waals surface area contributed by atoms with E-state index >= 15 is 0 Å². The number of hydrogen-bond donors (Lipinski definition) is 1. The molecule has 0 bridgehead atoms. The third kappa shape index (κ3) is 9.11. The molecule has 0 aliphatic rings. The van der Waals surface area contributed by atoms with Crippen LogP contribution < -0.4 is 14.8 Å². The zero-order valence-electron chi connectivity index (χ0n) is 23.8. The first-order valence-corrected chi connectivity index (χ1v) is 14.2. The maximum Gasteiger partial charge on any atom is 0.243 e. The number of rotatable bonds is 16. The summed E-state index contributed by atoms with van der Waals surface area (Å²) in [7, 11) is 0. The summed E-state index contributed by atoms with van der Waals surface area (Å²) in [6, 6.07) is 20.9. The molecule has 3 aromatic rings. The Kier molecular flexibility index (Phi) is 12.5. The maximum atomic E-state index is 14.8. The number of unbranched alkanes of at least 4 members (excludes halogenated alkanes) is 1. The summed E-state index contributed by atoms with van der Waals surface area (Å²) < 4.78 is 26.2. The summed E-state index contributed by atoms with van der Waals surface area (Å²) in [5, 5.41) is 3.00. The van der Waals surface area contributed by atoms with Crippen molar-refractivity contribution in [3.63, 3.8) is 0 Å². The molecule has 0 saturated heterocycles. The molecule has 0 radical (unpaired) electrons. The highest BCUT2D eigenvalue weighted by Crippen LogP contribution is 2.29. The van der Waals surface area contributed by atoms with Crippen LogP contribution in [0.25, 0.3) is 0 Å². The SMILES string of the molecule is CCCCNC(=O)[C@H](Cc1ccccc1)N(Cc1ccccc1F)C(=O)CCc1ccc(OCC)c(OCC)c1. The van der Waals surface area contributed by atoms with E-state index < -0.39 is 11.9 Å². The number of nitrogens with zero attached hydrogens (tertiary/aromatic N) is 1. The third-order valence-electron chi connectivity index (χ3n) is 6.63. The average molecular weight is 549 g/mol. The van der Waals surface area contributed by atoms with E-state index in [4.69, 9.17) is 9.47 Å². The van der Waals surface area contributed by atoms with E-state index in [0.717, 1.165) is 24.0 Å². The lowest BCUT2D eigenvalue weighted by Gasteiger charge is -2.32. The quantitative estimate of drug-likeness (QED) is 0.219. The summed E-state index contributed by atoms with van der Waals surface area (Å²) in [5.41, 5.74) is 2.21. The summed E-state index contributed by atoms with van der Waals surface area (Å²) >= 11 is 0. The van der Waals surface area contributed by atoms with Crippen molar-refractivity contribution in [3.8, 4) is 11.5 Å². The van der Waals surface area contributed by atoms with Crippen LogP contribution in [0.3, 0.4) is 0 Å². The van der Waals surface area contributed by atoms with Crippen LogP contribution in [0.1, 0.15) is 56.7 Å². The van der Waals surface area contributed by atoms with Crippen LogP contribution in [0.15, 0.2) is 72.8 Å². The van der Waals surface area contributed by atoms with E-state index in [9.17, 15) is 14.0 Å². The molecule has 214 valence electrons. The van der Waals surface area contributed by atoms with Gasteiger partial charge in [-0.3, -0.25) is 9.59 Å². The van der Waals surface area contributed by atoms with E-state index in [1.54, 1.807) is 18.2 Å². The van der Waals surface area contributed by atoms with Gasteiger partial charge in [-0.1, -0.05) is 67.9 Å². The van der Waals surface area contributed by atoms with E-state index in [1.807, 2.05) is 62.4 Å². The maximum absolute atomic E-state index is 14.8. The van der Waals surface area contributed by atoms with Crippen molar-refractivity contribution in [1.29, 1.82) is 0 Å². The van der Waals surface area contributed by atoms with Gasteiger partial charge < -0.3 is 19.7 Å². The first kappa shape index (κ1) is 30.7. The van der Waals surface area contributed by atoms with Crippen molar-refractivity contribution in [1.82, 2.24) is 10.2 Å². The highest BCUT2D eigenvalue weighted by molar-refractivity contribution is 5.88. The van der Waals surface area contributed by atoms with Crippen molar-refractivity contribution < 1.29 is 23.5 Å². The predicted molar refractivity (Wildman–Crippen MR) is 156 cm³/mol. The van der Waals surface area contributed by atoms with Gasteiger partial charge in [-0.2, -0.15) is 0 Å². The first-order chi connectivity index (χ1) is 19.5. The van der Waals surface area contributed by atoms with Gasteiger partial charge in [-0.05, 0) is 56.0 Å². The predicted octanol–water partition coefficient (Wildman–Crippen LogP) is 6.11. The number of ether oxygens (including phenoxy) is 2. The standard InChI is InChI=1S/C33H41FN2O4/c1-4-7-21-35-33(38)29(22-25-13-9-8-10-14-25)36(24-27-15-11-12-16-28(27)34)32(37)20-18-26-17-19-30(39-5-2)31(23-26)40-6-3/h8-17,19,23,29H,4-7,18,20-22,24H2,1-3H3,(H,35,38)/t29-/m0/s1. The molecule has 0 unspecified atom stereocenters. The van der Waals surface area contributed by atoms with Gasteiger partial charge in [-0.25, -0.2) is 4.39 Å². The van der Waals surface area contributed by atoms with Gasteiger partial charge in [0, 0.05) is 31.5 Å². The molecule has 0 fully saturated rings. The van der Waals surface area contributed by atoms with E-state index in [2.05, 4.69) is 12.2 Å². The Hall–Kier alpha value is -3.87. The zero-order valence-corrected chi connectivity index (χ0v) is 23.8. The molecule has 0 aromatic heterocycles. The minimum Gasteiger partial charge on any atom is -0.490 e. The molecule has 1 atom stereocenters. The molecular formula is C33H41FN2O4. The lowest BCUT2D eigenvalue weighted by molar-refractivity contribution is -0.141. The Morgan fingerprint density at radius 3 is 2.27 bits per heavy atom. The average Bonchev–Trinajstić information content (AvgIpc) is 2.96. The molecule has 0 aliphatic carbocycles. The number of carbonyl (C=O) groups is 2. The van der Waals surface area contributed by atoms with Crippen LogP contribution in [0.2, 0.25) is 0 Å². The second kappa shape index (κ2) is 16.3. The van der Waals surface area contributed by atoms with Gasteiger partial charge in [0.1, 0.15) is 11.9 Å². The number of benzene rings is 3. The van der Waals surface area contributed by atoms with Crippen molar-refractivity contribution in [2.45, 2.75) is 65.5 Å². The molecule has 7 heteroatoms. The van der Waals surface area contributed by atoms with Gasteiger partial charge >= 0.3 is 0 Å². The molecule has 6 nitrogen and oxygen atoms in total. The normalized spacial score (nSPS) is 11.5. The second-order valence-corrected chi connectivity index (χ2v) is 9.61. The molecule has 0 saturated carbocycles. The van der Waals surface area contributed by atoms with Crippen LogP contribution in [0.5, 0.6) is 11.5 Å². The van der Waals surface area contributed by atoms with Crippen LogP contribution in [-0.2, 0) is 29.0 Å². The van der Waals surface area contributed by atoms with Gasteiger partial charge in [0.05, 0.1) is 13.2 Å². The largest absolute Gasteiger partial charge is 0.490 e. The number of nitrogens with one attached hydrogen (secondary N) is 1. The summed E-state index contributed by atoms with van der Waals surface area (Å²) in [6.07, 6.45) is 2.70. The molecule has 0 heterocycles. The number of aryl methyl sites for hydroxylation is 1. The van der Waals surface area contributed by atoms with Crippen LogP contribution >= 0.6 is 0 Å². The van der Waals surface area contributed by atoms with Crippen LogP contribution in [0.4, 0.5) is 4.39 Å². The van der Waals surface area contributed by atoms with E-state index in [0.29, 0.717) is 49.7 Å². The molecule has 40 heavy (non-hydrogen) atoms. The zero-order chi connectivity index (χ0) is 28.7. The smallest absolute Gasteiger partial charge is 0.243 e. The Bertz CT molecular complexity index is 1220. The lowest BCUT2D eigenvalue weighted by atomic mass is 10.0. The molecule has 3 rings (SSSR count). The highest BCUT2D eigenvalue weighted by atomic mass is 19.1. The number of hydrogen-bond acceptors (Lipinski definition) is 4. The monoisotopic (exact) mass is 548 g/mol. The summed E-state index contributed by atoms with van der Waals surface area (Å²) in [6.45, 7) is 7.41. The number of halogens is 1. The van der Waals surface area contributed by atoms with Crippen molar-refractivity contribution in [2.24, 2.45) is 0 Å². The molecule has 0 aliphatic heterocycles. The van der Waals surface area contributed by atoms with Gasteiger partial charge in [0.2, 0.25) is 11.8 Å². The second-order valence-electron chi connectivity index (χ2n) is 9.61. The van der Waals surface area contributed by atoms with Crippen molar-refractivity contribution in [3.05, 3.63) is 95.3 Å². The Labute approximate surface area is 237 Å². The fourth-order valence-corrected chi connectivity index (χ4v) is 4.52. The minimum absolute atomic E-state index is 0.00230. The minimum atomic E-state index is -0.786. The number of carbonyl (C=O) groups excluding carboxylic acids is 2. The Morgan fingerprint density at radius 2 is 1.57 bits per heavy atom. The molecule has 3 aromatic carbocycles.